The molecule has 1 aromatic heterocycles. The quantitative estimate of drug-likeness (QED) is 0.682. The Labute approximate surface area is 143 Å². The number of thiazole rings is 1. The van der Waals surface area contributed by atoms with Gasteiger partial charge in [0.25, 0.3) is 5.91 Å². The molecule has 0 fully saturated rings. The van der Waals surface area contributed by atoms with E-state index < -0.39 is 0 Å². The third kappa shape index (κ3) is 2.66. The number of aliphatic imine (C=N–C) groups is 1. The molecule has 1 aliphatic heterocycles. The van der Waals surface area contributed by atoms with E-state index in [4.69, 9.17) is 0 Å². The zero-order valence-electron chi connectivity index (χ0n) is 12.7. The van der Waals surface area contributed by atoms with Gasteiger partial charge in [-0.05, 0) is 11.6 Å². The van der Waals surface area contributed by atoms with Crippen LogP contribution in [0.3, 0.4) is 0 Å². The van der Waals surface area contributed by atoms with Gasteiger partial charge in [-0.3, -0.25) is 4.79 Å². The molecule has 4 nitrogen and oxygen atoms in total. The maximum absolute atomic E-state index is 12.9. The Balaban J connectivity index is 1.82. The zero-order valence-corrected chi connectivity index (χ0v) is 13.5. The van der Waals surface area contributed by atoms with Crippen LogP contribution in [0, 0.1) is 0 Å². The van der Waals surface area contributed by atoms with Crippen LogP contribution >= 0.6 is 11.3 Å². The van der Waals surface area contributed by atoms with Gasteiger partial charge in [0.2, 0.25) is 0 Å². The normalized spacial score (nSPS) is 15.8. The van der Waals surface area contributed by atoms with E-state index in [-0.39, 0.29) is 5.91 Å². The molecule has 1 amide bonds. The van der Waals surface area contributed by atoms with Crippen molar-refractivity contribution in [2.75, 3.05) is 4.90 Å². The highest BCUT2D eigenvalue weighted by molar-refractivity contribution is 7.14. The maximum atomic E-state index is 12.9. The molecule has 0 spiro atoms. The summed E-state index contributed by atoms with van der Waals surface area (Å²) >= 11 is 1.42. The van der Waals surface area contributed by atoms with E-state index in [0.29, 0.717) is 16.7 Å². The first kappa shape index (κ1) is 14.5. The van der Waals surface area contributed by atoms with E-state index in [9.17, 15) is 4.79 Å². The summed E-state index contributed by atoms with van der Waals surface area (Å²) in [6, 6.07) is 19.4. The summed E-state index contributed by atoms with van der Waals surface area (Å²) in [7, 11) is 0. The number of amidine groups is 1. The van der Waals surface area contributed by atoms with Gasteiger partial charge in [0.1, 0.15) is 11.5 Å². The van der Waals surface area contributed by atoms with Crippen LogP contribution in [-0.2, 0) is 4.79 Å². The molecule has 24 heavy (non-hydrogen) atoms. The van der Waals surface area contributed by atoms with Gasteiger partial charge in [-0.1, -0.05) is 60.7 Å². The minimum absolute atomic E-state index is 0.160. The molecule has 2 aromatic carbocycles. The monoisotopic (exact) mass is 331 g/mol. The predicted molar refractivity (Wildman–Crippen MR) is 97.0 cm³/mol. The minimum atomic E-state index is -0.160. The first-order valence-corrected chi connectivity index (χ1v) is 8.36. The van der Waals surface area contributed by atoms with Crippen molar-refractivity contribution in [1.82, 2.24) is 4.98 Å². The highest BCUT2D eigenvalue weighted by Crippen LogP contribution is 2.29. The number of aromatic nitrogens is 1. The Kier molecular flexibility index (Phi) is 3.76. The van der Waals surface area contributed by atoms with Crippen molar-refractivity contribution in [2.24, 2.45) is 4.99 Å². The summed E-state index contributed by atoms with van der Waals surface area (Å²) < 4.78 is 0. The molecule has 116 valence electrons. The average molecular weight is 331 g/mol. The SMILES string of the molecule is O=C1/C(=C/c2ccccc2)N=C(c2ccccc2)N1c1nccs1. The molecule has 0 saturated carbocycles. The molecule has 0 aliphatic carbocycles. The van der Waals surface area contributed by atoms with Crippen LogP contribution in [0.1, 0.15) is 11.1 Å². The van der Waals surface area contributed by atoms with E-state index in [1.165, 1.54) is 11.3 Å². The summed E-state index contributed by atoms with van der Waals surface area (Å²) in [5.74, 6) is 0.449. The van der Waals surface area contributed by atoms with Crippen LogP contribution < -0.4 is 4.90 Å². The Morgan fingerprint density at radius 2 is 1.67 bits per heavy atom. The van der Waals surface area contributed by atoms with Crippen LogP contribution in [-0.4, -0.2) is 16.7 Å². The van der Waals surface area contributed by atoms with Crippen LogP contribution in [0.2, 0.25) is 0 Å². The summed E-state index contributed by atoms with van der Waals surface area (Å²) in [4.78, 5) is 23.4. The molecule has 3 aromatic rings. The van der Waals surface area contributed by atoms with Gasteiger partial charge < -0.3 is 0 Å². The van der Waals surface area contributed by atoms with Gasteiger partial charge in [0.05, 0.1) is 0 Å². The fraction of sp³-hybridized carbons (Fsp3) is 0. The Morgan fingerprint density at radius 3 is 2.33 bits per heavy atom. The van der Waals surface area contributed by atoms with Gasteiger partial charge in [0.15, 0.2) is 5.13 Å². The molecule has 0 unspecified atom stereocenters. The van der Waals surface area contributed by atoms with E-state index in [2.05, 4.69) is 9.98 Å². The first-order chi connectivity index (χ1) is 11.8. The van der Waals surface area contributed by atoms with Crippen molar-refractivity contribution in [3.63, 3.8) is 0 Å². The number of anilines is 1. The standard InChI is InChI=1S/C19H13N3OS/c23-18-16(13-14-7-3-1-4-8-14)21-17(15-9-5-2-6-10-15)22(18)19-20-11-12-24-19/h1-13H/b16-13-. The van der Waals surface area contributed by atoms with Gasteiger partial charge in [-0.2, -0.15) is 0 Å². The molecule has 2 heterocycles. The second-order valence-electron chi connectivity index (χ2n) is 5.20. The molecule has 0 bridgehead atoms. The molecule has 0 saturated heterocycles. The lowest BCUT2D eigenvalue weighted by molar-refractivity contribution is -0.113. The number of nitrogens with zero attached hydrogens (tertiary/aromatic N) is 3. The molecule has 0 N–H and O–H groups in total. The molecule has 0 atom stereocenters. The van der Waals surface area contributed by atoms with Crippen molar-refractivity contribution < 1.29 is 4.79 Å². The van der Waals surface area contributed by atoms with E-state index in [1.807, 2.05) is 66.0 Å². The van der Waals surface area contributed by atoms with Gasteiger partial charge in [-0.25, -0.2) is 14.9 Å². The van der Waals surface area contributed by atoms with Gasteiger partial charge >= 0.3 is 0 Å². The number of carbonyl (C=O) groups excluding carboxylic acids is 1. The van der Waals surface area contributed by atoms with Gasteiger partial charge in [0, 0.05) is 17.1 Å². The lowest BCUT2D eigenvalue weighted by Gasteiger charge is -2.14. The fourth-order valence-corrected chi connectivity index (χ4v) is 3.15. The van der Waals surface area contributed by atoms with Crippen LogP contribution in [0.25, 0.3) is 6.08 Å². The molecule has 5 heteroatoms. The number of amides is 1. The van der Waals surface area contributed by atoms with Crippen LogP contribution in [0.5, 0.6) is 0 Å². The summed E-state index contributed by atoms with van der Waals surface area (Å²) in [5, 5.41) is 2.48. The summed E-state index contributed by atoms with van der Waals surface area (Å²) in [5.41, 5.74) is 2.24. The zero-order chi connectivity index (χ0) is 16.4. The number of benzene rings is 2. The average Bonchev–Trinajstić information content (AvgIpc) is 3.25. The van der Waals surface area contributed by atoms with Crippen LogP contribution in [0.15, 0.2) is 82.9 Å². The number of hydrogen-bond acceptors (Lipinski definition) is 4. The largest absolute Gasteiger partial charge is 0.284 e. The fourth-order valence-electron chi connectivity index (χ4n) is 2.51. The number of hydrogen-bond donors (Lipinski definition) is 0. The Morgan fingerprint density at radius 1 is 0.958 bits per heavy atom. The van der Waals surface area contributed by atoms with Crippen molar-refractivity contribution >= 4 is 34.3 Å². The molecular formula is C19H13N3OS. The van der Waals surface area contributed by atoms with Crippen molar-refractivity contribution in [2.45, 2.75) is 0 Å². The number of rotatable bonds is 3. The van der Waals surface area contributed by atoms with Crippen molar-refractivity contribution in [1.29, 1.82) is 0 Å². The lowest BCUT2D eigenvalue weighted by Crippen LogP contribution is -2.32. The number of carbonyl (C=O) groups is 1. The van der Waals surface area contributed by atoms with E-state index in [1.54, 1.807) is 17.2 Å². The minimum Gasteiger partial charge on any atom is -0.266 e. The highest BCUT2D eigenvalue weighted by Gasteiger charge is 2.33. The van der Waals surface area contributed by atoms with Gasteiger partial charge in [-0.15, -0.1) is 11.3 Å². The lowest BCUT2D eigenvalue weighted by atomic mass is 10.2. The van der Waals surface area contributed by atoms with Crippen molar-refractivity contribution in [3.05, 3.63) is 89.1 Å². The maximum Gasteiger partial charge on any atom is 0.284 e. The first-order valence-electron chi connectivity index (χ1n) is 7.48. The second-order valence-corrected chi connectivity index (χ2v) is 6.07. The summed E-state index contributed by atoms with van der Waals surface area (Å²) in [6.45, 7) is 0. The Bertz CT molecular complexity index is 916. The third-order valence-electron chi connectivity index (χ3n) is 3.61. The smallest absolute Gasteiger partial charge is 0.266 e. The molecular weight excluding hydrogens is 318 g/mol. The molecule has 4 rings (SSSR count). The predicted octanol–water partition coefficient (Wildman–Crippen LogP) is 3.98. The van der Waals surface area contributed by atoms with Crippen molar-refractivity contribution in [3.8, 4) is 0 Å². The molecule has 1 aliphatic rings. The topological polar surface area (TPSA) is 45.6 Å². The third-order valence-corrected chi connectivity index (χ3v) is 4.36. The van der Waals surface area contributed by atoms with Crippen LogP contribution in [0.4, 0.5) is 5.13 Å². The second kappa shape index (κ2) is 6.22. The highest BCUT2D eigenvalue weighted by atomic mass is 32.1. The van der Waals surface area contributed by atoms with E-state index in [0.717, 1.165) is 11.1 Å². The molecule has 0 radical (unpaired) electrons. The summed E-state index contributed by atoms with van der Waals surface area (Å²) in [6.07, 6.45) is 3.49. The van der Waals surface area contributed by atoms with E-state index >= 15 is 0 Å². The Hall–Kier alpha value is -3.05.